The van der Waals surface area contributed by atoms with Crippen LogP contribution < -0.4 is 10.8 Å². The molecule has 1 fully saturated rings. The molecule has 6 heteroatoms. The number of hydrogen-bond donors (Lipinski definition) is 2. The zero-order chi connectivity index (χ0) is 23.3. The average molecular weight is 444 g/mol. The van der Waals surface area contributed by atoms with Crippen molar-refractivity contribution < 1.29 is 14.4 Å². The standard InChI is InChI=1S/C27H29N3O3/c1-3-15-28-26(32)27(2)19-24(29-33-27)22-9-11-23(12-10-22)25(31)30-16-13-21(14-17-30)18-20-7-5-4-6-8-20/h1,4-12,19,21,29H,13-18H2,2H3,(H,28,32). The lowest BCUT2D eigenvalue weighted by molar-refractivity contribution is -0.141. The molecule has 0 radical (unpaired) electrons. The minimum Gasteiger partial charge on any atom is -0.342 e. The van der Waals surface area contributed by atoms with Crippen LogP contribution in [0.2, 0.25) is 0 Å². The van der Waals surface area contributed by atoms with Gasteiger partial charge in [-0.15, -0.1) is 6.42 Å². The lowest BCUT2D eigenvalue weighted by Gasteiger charge is -2.32. The van der Waals surface area contributed by atoms with Crippen LogP contribution in [0.3, 0.4) is 0 Å². The van der Waals surface area contributed by atoms with Gasteiger partial charge >= 0.3 is 0 Å². The molecular weight excluding hydrogens is 414 g/mol. The maximum Gasteiger partial charge on any atom is 0.259 e. The summed E-state index contributed by atoms with van der Waals surface area (Å²) >= 11 is 0. The van der Waals surface area contributed by atoms with Crippen LogP contribution in [0.5, 0.6) is 0 Å². The van der Waals surface area contributed by atoms with Gasteiger partial charge in [0.15, 0.2) is 5.60 Å². The lowest BCUT2D eigenvalue weighted by Crippen LogP contribution is -2.44. The summed E-state index contributed by atoms with van der Waals surface area (Å²) in [7, 11) is 0. The SMILES string of the molecule is C#CCNC(=O)C1(C)C=C(c2ccc(C(=O)N3CCC(Cc4ccccc4)CC3)cc2)NO1. The molecule has 0 bridgehead atoms. The van der Waals surface area contributed by atoms with Crippen molar-refractivity contribution >= 4 is 17.5 Å². The number of terminal acetylenes is 1. The number of carbonyl (C=O) groups is 2. The van der Waals surface area contributed by atoms with Gasteiger partial charge in [0.1, 0.15) is 0 Å². The minimum atomic E-state index is -1.15. The fraction of sp³-hybridized carbons (Fsp3) is 0.333. The molecule has 2 aromatic rings. The molecule has 170 valence electrons. The minimum absolute atomic E-state index is 0.0582. The highest BCUT2D eigenvalue weighted by molar-refractivity contribution is 5.95. The largest absolute Gasteiger partial charge is 0.342 e. The Balaban J connectivity index is 1.34. The normalized spacial score (nSPS) is 20.5. The van der Waals surface area contributed by atoms with E-state index in [9.17, 15) is 9.59 Å². The summed E-state index contributed by atoms with van der Waals surface area (Å²) in [5.41, 5.74) is 5.20. The van der Waals surface area contributed by atoms with Crippen molar-refractivity contribution in [1.29, 1.82) is 0 Å². The maximum absolute atomic E-state index is 13.0. The first-order valence-corrected chi connectivity index (χ1v) is 11.3. The zero-order valence-corrected chi connectivity index (χ0v) is 18.8. The van der Waals surface area contributed by atoms with E-state index < -0.39 is 5.60 Å². The molecule has 6 nitrogen and oxygen atoms in total. The molecule has 2 aliphatic heterocycles. The number of amides is 2. The van der Waals surface area contributed by atoms with E-state index in [0.29, 0.717) is 17.2 Å². The van der Waals surface area contributed by atoms with E-state index in [1.807, 2.05) is 35.2 Å². The summed E-state index contributed by atoms with van der Waals surface area (Å²) in [6.45, 7) is 3.37. The molecule has 2 heterocycles. The highest BCUT2D eigenvalue weighted by Crippen LogP contribution is 2.27. The number of likely N-dealkylation sites (tertiary alicyclic amines) is 1. The Bertz CT molecular complexity index is 1060. The van der Waals surface area contributed by atoms with Gasteiger partial charge in [0.05, 0.1) is 12.2 Å². The fourth-order valence-corrected chi connectivity index (χ4v) is 4.32. The van der Waals surface area contributed by atoms with E-state index in [2.05, 4.69) is 41.0 Å². The number of benzene rings is 2. The molecule has 1 atom stereocenters. The van der Waals surface area contributed by atoms with E-state index in [0.717, 1.165) is 37.9 Å². The molecule has 2 aromatic carbocycles. The molecule has 4 rings (SSSR count). The van der Waals surface area contributed by atoms with Gasteiger partial charge in [0.25, 0.3) is 11.8 Å². The predicted octanol–water partition coefficient (Wildman–Crippen LogP) is 3.17. The summed E-state index contributed by atoms with van der Waals surface area (Å²) in [4.78, 5) is 32.7. The first-order valence-electron chi connectivity index (χ1n) is 11.3. The van der Waals surface area contributed by atoms with Crippen molar-refractivity contribution in [3.63, 3.8) is 0 Å². The molecule has 0 aromatic heterocycles. The first kappa shape index (κ1) is 22.6. The predicted molar refractivity (Wildman–Crippen MR) is 128 cm³/mol. The molecule has 2 N–H and O–H groups in total. The topological polar surface area (TPSA) is 70.7 Å². The van der Waals surface area contributed by atoms with Gasteiger partial charge < -0.3 is 10.2 Å². The number of carbonyl (C=O) groups excluding carboxylic acids is 2. The second-order valence-corrected chi connectivity index (χ2v) is 8.76. The second kappa shape index (κ2) is 9.93. The number of nitrogens with zero attached hydrogens (tertiary/aromatic N) is 1. The third-order valence-corrected chi connectivity index (χ3v) is 6.31. The molecule has 0 spiro atoms. The van der Waals surface area contributed by atoms with E-state index in [-0.39, 0.29) is 18.4 Å². The Morgan fingerprint density at radius 2 is 1.85 bits per heavy atom. The maximum atomic E-state index is 13.0. The van der Waals surface area contributed by atoms with E-state index in [1.54, 1.807) is 13.0 Å². The number of hydroxylamine groups is 1. The highest BCUT2D eigenvalue weighted by atomic mass is 16.7. The Morgan fingerprint density at radius 3 is 2.52 bits per heavy atom. The third kappa shape index (κ3) is 5.27. The van der Waals surface area contributed by atoms with Gasteiger partial charge in [0.2, 0.25) is 0 Å². The average Bonchev–Trinajstić information content (AvgIpc) is 3.26. The summed E-state index contributed by atoms with van der Waals surface area (Å²) in [6, 6.07) is 17.9. The van der Waals surface area contributed by atoms with Gasteiger partial charge in [-0.3, -0.25) is 19.9 Å². The van der Waals surface area contributed by atoms with Crippen LogP contribution in [0.25, 0.3) is 5.70 Å². The van der Waals surface area contributed by atoms with Gasteiger partial charge in [-0.1, -0.05) is 48.4 Å². The molecular formula is C27H29N3O3. The van der Waals surface area contributed by atoms with Crippen molar-refractivity contribution in [2.24, 2.45) is 5.92 Å². The van der Waals surface area contributed by atoms with Crippen LogP contribution in [0.15, 0.2) is 60.7 Å². The quantitative estimate of drug-likeness (QED) is 0.673. The molecule has 0 saturated carbocycles. The Labute approximate surface area is 195 Å². The van der Waals surface area contributed by atoms with E-state index in [1.165, 1.54) is 5.56 Å². The highest BCUT2D eigenvalue weighted by Gasteiger charge is 2.38. The molecule has 2 amide bonds. The summed E-state index contributed by atoms with van der Waals surface area (Å²) in [6.07, 6.45) is 10.0. The first-order chi connectivity index (χ1) is 16.0. The van der Waals surface area contributed by atoms with Gasteiger partial charge in [-0.25, -0.2) is 0 Å². The van der Waals surface area contributed by atoms with Crippen molar-refractivity contribution in [2.45, 2.75) is 31.8 Å². The van der Waals surface area contributed by atoms with Crippen molar-refractivity contribution in [1.82, 2.24) is 15.7 Å². The monoisotopic (exact) mass is 443 g/mol. The molecule has 1 saturated heterocycles. The number of hydrogen-bond acceptors (Lipinski definition) is 4. The zero-order valence-electron chi connectivity index (χ0n) is 18.8. The van der Waals surface area contributed by atoms with E-state index in [4.69, 9.17) is 11.3 Å². The molecule has 33 heavy (non-hydrogen) atoms. The van der Waals surface area contributed by atoms with Crippen LogP contribution >= 0.6 is 0 Å². The van der Waals surface area contributed by atoms with Crippen LogP contribution in [-0.2, 0) is 16.1 Å². The van der Waals surface area contributed by atoms with Gasteiger partial charge in [-0.2, -0.15) is 0 Å². The summed E-state index contributed by atoms with van der Waals surface area (Å²) in [5.74, 6) is 2.74. The van der Waals surface area contributed by atoms with Crippen molar-refractivity contribution in [3.8, 4) is 12.3 Å². The Hall–Kier alpha value is -3.56. The third-order valence-electron chi connectivity index (χ3n) is 6.31. The summed E-state index contributed by atoms with van der Waals surface area (Å²) < 4.78 is 0. The van der Waals surface area contributed by atoms with Gasteiger partial charge in [0, 0.05) is 18.7 Å². The van der Waals surface area contributed by atoms with E-state index >= 15 is 0 Å². The second-order valence-electron chi connectivity index (χ2n) is 8.76. The fourth-order valence-electron chi connectivity index (χ4n) is 4.32. The number of rotatable bonds is 6. The number of piperidine rings is 1. The van der Waals surface area contributed by atoms with Gasteiger partial charge in [-0.05, 0) is 61.4 Å². The molecule has 2 aliphatic rings. The Kier molecular flexibility index (Phi) is 6.81. The Morgan fingerprint density at radius 1 is 1.15 bits per heavy atom. The summed E-state index contributed by atoms with van der Waals surface area (Å²) in [5, 5.41) is 2.63. The van der Waals surface area contributed by atoms with Crippen LogP contribution in [0, 0.1) is 18.3 Å². The lowest BCUT2D eigenvalue weighted by atomic mass is 9.90. The van der Waals surface area contributed by atoms with Crippen LogP contribution in [0.1, 0.15) is 41.3 Å². The van der Waals surface area contributed by atoms with Crippen molar-refractivity contribution in [2.75, 3.05) is 19.6 Å². The van der Waals surface area contributed by atoms with Crippen molar-refractivity contribution in [3.05, 3.63) is 77.4 Å². The van der Waals surface area contributed by atoms with Crippen LogP contribution in [0.4, 0.5) is 0 Å². The van der Waals surface area contributed by atoms with Crippen LogP contribution in [-0.4, -0.2) is 41.9 Å². The smallest absolute Gasteiger partial charge is 0.259 e. The number of nitrogens with one attached hydrogen (secondary N) is 2. The molecule has 1 unspecified atom stereocenters. The molecule has 0 aliphatic carbocycles.